The number of nitrogens with one attached hydrogen (secondary N) is 7. The molecular weight excluding hydrogens is 710 g/mol. The fraction of sp³-hybridized carbons (Fsp3) is 0.789. The Labute approximate surface area is 327 Å². The molecule has 0 fully saturated rings. The highest BCUT2D eigenvalue weighted by Crippen LogP contribution is 2.13. The van der Waals surface area contributed by atoms with Crippen LogP contribution in [-0.2, 0) is 38.4 Å². The molecule has 0 aliphatic rings. The summed E-state index contributed by atoms with van der Waals surface area (Å²) < 4.78 is 0. The van der Waals surface area contributed by atoms with Gasteiger partial charge in [0.2, 0.25) is 47.3 Å². The van der Waals surface area contributed by atoms with Crippen LogP contribution in [0, 0.1) is 35.5 Å². The van der Waals surface area contributed by atoms with Gasteiger partial charge in [-0.1, -0.05) is 83.1 Å². The molecule has 0 aromatic heterocycles. The molecule has 11 N–H and O–H groups in total. The summed E-state index contributed by atoms with van der Waals surface area (Å²) in [5.41, 5.74) is 11.1. The first-order valence-electron chi connectivity index (χ1n) is 19.5. The van der Waals surface area contributed by atoms with Gasteiger partial charge in [0, 0.05) is 6.92 Å². The first-order valence-corrected chi connectivity index (χ1v) is 19.5. The zero-order chi connectivity index (χ0) is 42.9. The van der Waals surface area contributed by atoms with Crippen LogP contribution in [0.4, 0.5) is 0 Å². The summed E-state index contributed by atoms with van der Waals surface area (Å²) in [6.45, 7) is 22.4. The number of amides is 8. The number of nitrogens with two attached hydrogens (primary N) is 2. The van der Waals surface area contributed by atoms with Crippen molar-refractivity contribution >= 4 is 47.3 Å². The van der Waals surface area contributed by atoms with Crippen molar-refractivity contribution in [3.05, 3.63) is 0 Å². The van der Waals surface area contributed by atoms with Gasteiger partial charge in [-0.3, -0.25) is 38.4 Å². The van der Waals surface area contributed by atoms with Crippen LogP contribution in [0.5, 0.6) is 0 Å². The van der Waals surface area contributed by atoms with Gasteiger partial charge in [-0.15, -0.1) is 0 Å². The van der Waals surface area contributed by atoms with Gasteiger partial charge in [0.05, 0.1) is 0 Å². The summed E-state index contributed by atoms with van der Waals surface area (Å²) in [7, 11) is 0. The van der Waals surface area contributed by atoms with E-state index >= 15 is 0 Å². The van der Waals surface area contributed by atoms with Gasteiger partial charge < -0.3 is 48.7 Å². The Kier molecular flexibility index (Phi) is 22.4. The molecule has 7 atom stereocenters. The quantitative estimate of drug-likeness (QED) is 0.0594. The smallest absolute Gasteiger partial charge is 0.243 e. The lowest BCUT2D eigenvalue weighted by molar-refractivity contribution is -0.137. The minimum atomic E-state index is -1.13. The van der Waals surface area contributed by atoms with Crippen molar-refractivity contribution in [1.82, 2.24) is 37.2 Å². The minimum absolute atomic E-state index is 0.261. The molecule has 0 aliphatic heterocycles. The van der Waals surface area contributed by atoms with E-state index in [1.165, 1.54) is 6.92 Å². The Balaban J connectivity index is 6.06. The Bertz CT molecular complexity index is 1320. The molecule has 0 unspecified atom stereocenters. The van der Waals surface area contributed by atoms with Crippen molar-refractivity contribution in [2.45, 2.75) is 152 Å². The van der Waals surface area contributed by atoms with Crippen LogP contribution >= 0.6 is 0 Å². The fourth-order valence-electron chi connectivity index (χ4n) is 5.68. The summed E-state index contributed by atoms with van der Waals surface area (Å²) in [5.74, 6) is -7.19. The largest absolute Gasteiger partial charge is 0.368 e. The lowest BCUT2D eigenvalue weighted by Crippen LogP contribution is -2.63. The van der Waals surface area contributed by atoms with Crippen LogP contribution in [0.2, 0.25) is 0 Å². The fourth-order valence-corrected chi connectivity index (χ4v) is 5.68. The molecule has 0 saturated heterocycles. The predicted octanol–water partition coefficient (Wildman–Crippen LogP) is -0.0498. The van der Waals surface area contributed by atoms with E-state index in [9.17, 15) is 38.4 Å². The third-order valence-electron chi connectivity index (χ3n) is 9.15. The molecule has 55 heavy (non-hydrogen) atoms. The molecule has 0 aromatic rings. The molecule has 17 heteroatoms. The Morgan fingerprint density at radius 3 is 0.836 bits per heavy atom. The summed E-state index contributed by atoms with van der Waals surface area (Å²) in [6, 6.07) is -7.27. The lowest BCUT2D eigenvalue weighted by atomic mass is 9.96. The second kappa shape index (κ2) is 24.3. The normalized spacial score (nSPS) is 15.4. The van der Waals surface area contributed by atoms with Gasteiger partial charge in [-0.2, -0.15) is 0 Å². The maximum Gasteiger partial charge on any atom is 0.243 e. The highest BCUT2D eigenvalue weighted by atomic mass is 16.2. The summed E-state index contributed by atoms with van der Waals surface area (Å²) >= 11 is 0. The van der Waals surface area contributed by atoms with Crippen LogP contribution in [-0.4, -0.2) is 96.1 Å². The Hall–Kier alpha value is -4.28. The number of rotatable bonds is 24. The average molecular weight is 782 g/mol. The Morgan fingerprint density at radius 2 is 0.636 bits per heavy atom. The molecule has 0 aromatic carbocycles. The summed E-state index contributed by atoms with van der Waals surface area (Å²) in [6.07, 6.45) is 1.50. The number of carbonyl (C=O) groups excluding carboxylic acids is 8. The molecule has 8 amide bonds. The van der Waals surface area contributed by atoms with Crippen molar-refractivity contribution in [2.24, 2.45) is 47.0 Å². The van der Waals surface area contributed by atoms with Crippen LogP contribution in [0.1, 0.15) is 109 Å². The lowest BCUT2D eigenvalue weighted by Gasteiger charge is -2.32. The molecular formula is C38H71N9O8. The zero-order valence-electron chi connectivity index (χ0n) is 35.3. The second-order valence-electron chi connectivity index (χ2n) is 16.3. The molecule has 0 saturated carbocycles. The van der Waals surface area contributed by atoms with Gasteiger partial charge in [0.15, 0.2) is 0 Å². The van der Waals surface area contributed by atoms with Gasteiger partial charge in [-0.05, 0) is 61.3 Å². The monoisotopic (exact) mass is 782 g/mol. The minimum Gasteiger partial charge on any atom is -0.368 e. The van der Waals surface area contributed by atoms with E-state index in [2.05, 4.69) is 37.2 Å². The van der Waals surface area contributed by atoms with Crippen LogP contribution in [0.15, 0.2) is 0 Å². The third-order valence-corrected chi connectivity index (χ3v) is 9.15. The van der Waals surface area contributed by atoms with Gasteiger partial charge >= 0.3 is 0 Å². The maximum atomic E-state index is 13.8. The first kappa shape index (κ1) is 50.7. The van der Waals surface area contributed by atoms with Gasteiger partial charge in [0.25, 0.3) is 0 Å². The Morgan fingerprint density at radius 1 is 0.400 bits per heavy atom. The second-order valence-corrected chi connectivity index (χ2v) is 16.3. The van der Waals surface area contributed by atoms with E-state index in [4.69, 9.17) is 11.5 Å². The van der Waals surface area contributed by atoms with Crippen molar-refractivity contribution in [3.8, 4) is 0 Å². The van der Waals surface area contributed by atoms with Gasteiger partial charge in [-0.25, -0.2) is 0 Å². The number of carbonyl (C=O) groups is 8. The van der Waals surface area contributed by atoms with Crippen molar-refractivity contribution in [3.63, 3.8) is 0 Å². The SMILES string of the molecule is CC(=O)N[C@H](C(=O)N[C@H](C(=O)N[C@H](C(=O)N[C@H](C(=O)N[C@H](C(=O)N[C@H](C(=O)N[C@@H](CCCCN)C(N)=O)C(C)C)C(C)C)C(C)C)C(C)C)C(C)C)C(C)C. The first-order chi connectivity index (χ1) is 25.4. The van der Waals surface area contributed by atoms with E-state index in [1.807, 2.05) is 0 Å². The van der Waals surface area contributed by atoms with E-state index in [0.717, 1.165) is 0 Å². The zero-order valence-corrected chi connectivity index (χ0v) is 35.3. The van der Waals surface area contributed by atoms with Crippen molar-refractivity contribution in [1.29, 1.82) is 0 Å². The molecule has 0 aliphatic carbocycles. The van der Waals surface area contributed by atoms with Crippen LogP contribution < -0.4 is 48.7 Å². The number of primary amides is 1. The highest BCUT2D eigenvalue weighted by Gasteiger charge is 2.37. The molecule has 0 rings (SSSR count). The summed E-state index contributed by atoms with van der Waals surface area (Å²) in [4.78, 5) is 105. The van der Waals surface area contributed by atoms with E-state index < -0.39 is 113 Å². The predicted molar refractivity (Wildman–Crippen MR) is 210 cm³/mol. The van der Waals surface area contributed by atoms with E-state index in [-0.39, 0.29) is 11.8 Å². The van der Waals surface area contributed by atoms with Gasteiger partial charge in [0.1, 0.15) is 42.3 Å². The molecule has 0 spiro atoms. The topological polar surface area (TPSA) is 273 Å². The van der Waals surface area contributed by atoms with Crippen LogP contribution in [0.3, 0.4) is 0 Å². The summed E-state index contributed by atoms with van der Waals surface area (Å²) in [5, 5.41) is 18.8. The average Bonchev–Trinajstić information content (AvgIpc) is 3.06. The molecule has 0 bridgehead atoms. The number of hydrogen-bond donors (Lipinski definition) is 9. The van der Waals surface area contributed by atoms with E-state index in [1.54, 1.807) is 83.1 Å². The molecule has 0 heterocycles. The molecule has 316 valence electrons. The maximum absolute atomic E-state index is 13.8. The van der Waals surface area contributed by atoms with Crippen molar-refractivity contribution < 1.29 is 38.4 Å². The molecule has 0 radical (unpaired) electrons. The van der Waals surface area contributed by atoms with Crippen molar-refractivity contribution in [2.75, 3.05) is 6.54 Å². The number of unbranched alkanes of at least 4 members (excludes halogenated alkanes) is 1. The number of hydrogen-bond acceptors (Lipinski definition) is 9. The van der Waals surface area contributed by atoms with Crippen LogP contribution in [0.25, 0.3) is 0 Å². The highest BCUT2D eigenvalue weighted by molar-refractivity contribution is 5.97. The third kappa shape index (κ3) is 17.4. The van der Waals surface area contributed by atoms with E-state index in [0.29, 0.717) is 25.8 Å². The standard InChI is InChI=1S/C38H71N9O8/c1-18(2)26(41-24(13)48)34(51)44-28(20(5)6)36(53)46-30(22(9)10)38(55)47-31(23(11)12)37(54)45-29(21(7)8)35(52)43-27(19(3)4)33(50)42-25(32(40)49)16-14-15-17-39/h18-23,25-31H,14-17,39H2,1-13H3,(H2,40,49)(H,41,48)(H,42,50)(H,43,52)(H,44,51)(H,45,54)(H,46,53)(H,47,55)/t25-,26-,27-,28-,29-,30-,31-/m0/s1. The molecule has 17 nitrogen and oxygen atoms in total.